The van der Waals surface area contributed by atoms with E-state index < -0.39 is 0 Å². The molecule has 0 aromatic heterocycles. The fourth-order valence-electron chi connectivity index (χ4n) is 2.52. The first-order chi connectivity index (χ1) is 9.13. The molecule has 1 fully saturated rings. The molecule has 1 aliphatic rings. The van der Waals surface area contributed by atoms with E-state index in [1.807, 2.05) is 12.1 Å². The van der Waals surface area contributed by atoms with Crippen LogP contribution in [0.25, 0.3) is 0 Å². The Bertz CT molecular complexity index is 408. The Kier molecular flexibility index (Phi) is 4.80. The average Bonchev–Trinajstić information content (AvgIpc) is 2.40. The molecule has 0 unspecified atom stereocenters. The summed E-state index contributed by atoms with van der Waals surface area (Å²) in [6, 6.07) is 8.11. The number of hydrogen-bond donors (Lipinski definition) is 2. The van der Waals surface area contributed by atoms with Gasteiger partial charge in [-0.1, -0.05) is 12.1 Å². The van der Waals surface area contributed by atoms with Gasteiger partial charge in [0.25, 0.3) is 0 Å². The summed E-state index contributed by atoms with van der Waals surface area (Å²) in [5, 5.41) is 2.91. The summed E-state index contributed by atoms with van der Waals surface area (Å²) >= 11 is 0. The highest BCUT2D eigenvalue weighted by molar-refractivity contribution is 5.72. The number of carbonyl (C=O) groups excluding carboxylic acids is 1. The van der Waals surface area contributed by atoms with Gasteiger partial charge in [-0.25, -0.2) is 0 Å². The molecule has 1 aromatic carbocycles. The molecular weight excluding hydrogens is 238 g/mol. The number of amides is 1. The van der Waals surface area contributed by atoms with Gasteiger partial charge in [-0.2, -0.15) is 0 Å². The molecule has 104 valence electrons. The summed E-state index contributed by atoms with van der Waals surface area (Å²) in [5.41, 5.74) is 7.82. The van der Waals surface area contributed by atoms with E-state index in [0.29, 0.717) is 5.92 Å². The monoisotopic (exact) mass is 261 g/mol. The van der Waals surface area contributed by atoms with Crippen LogP contribution >= 0.6 is 0 Å². The molecule has 0 atom stereocenters. The Hall–Kier alpha value is -1.55. The van der Waals surface area contributed by atoms with Crippen molar-refractivity contribution in [2.75, 3.05) is 25.4 Å². The second kappa shape index (κ2) is 6.57. The Balaban J connectivity index is 1.74. The zero-order chi connectivity index (χ0) is 13.7. The molecular formula is C15H23N3O. The van der Waals surface area contributed by atoms with Gasteiger partial charge in [0.1, 0.15) is 0 Å². The van der Waals surface area contributed by atoms with E-state index >= 15 is 0 Å². The maximum atomic E-state index is 10.9. The molecule has 0 saturated carbocycles. The third-order valence-electron chi connectivity index (χ3n) is 3.73. The number of hydrogen-bond acceptors (Lipinski definition) is 3. The van der Waals surface area contributed by atoms with Gasteiger partial charge >= 0.3 is 0 Å². The van der Waals surface area contributed by atoms with Crippen molar-refractivity contribution in [3.63, 3.8) is 0 Å². The summed E-state index contributed by atoms with van der Waals surface area (Å²) in [4.78, 5) is 13.4. The van der Waals surface area contributed by atoms with Crippen molar-refractivity contribution < 1.29 is 4.79 Å². The number of nitrogens with zero attached hydrogens (tertiary/aromatic N) is 1. The number of nitrogen functional groups attached to an aromatic ring is 1. The molecule has 1 heterocycles. The van der Waals surface area contributed by atoms with Crippen molar-refractivity contribution in [2.24, 2.45) is 5.92 Å². The van der Waals surface area contributed by atoms with Gasteiger partial charge in [-0.05, 0) is 49.5 Å². The van der Waals surface area contributed by atoms with E-state index in [1.54, 1.807) is 6.92 Å². The minimum atomic E-state index is 0.0734. The molecule has 3 N–H and O–H groups in total. The smallest absolute Gasteiger partial charge is 0.216 e. The molecule has 19 heavy (non-hydrogen) atoms. The van der Waals surface area contributed by atoms with Crippen LogP contribution in [0.3, 0.4) is 0 Å². The molecule has 0 radical (unpaired) electrons. The maximum Gasteiger partial charge on any atom is 0.216 e. The van der Waals surface area contributed by atoms with Crippen molar-refractivity contribution >= 4 is 11.6 Å². The summed E-state index contributed by atoms with van der Waals surface area (Å²) in [7, 11) is 0. The van der Waals surface area contributed by atoms with E-state index in [-0.39, 0.29) is 5.91 Å². The second-order valence-corrected chi connectivity index (χ2v) is 5.40. The predicted molar refractivity (Wildman–Crippen MR) is 77.5 cm³/mol. The van der Waals surface area contributed by atoms with Crippen LogP contribution in [-0.2, 0) is 11.3 Å². The van der Waals surface area contributed by atoms with Crippen molar-refractivity contribution in [2.45, 2.75) is 26.3 Å². The summed E-state index contributed by atoms with van der Waals surface area (Å²) in [5.74, 6) is 0.705. The van der Waals surface area contributed by atoms with E-state index in [4.69, 9.17) is 5.73 Å². The normalized spacial score (nSPS) is 17.3. The zero-order valence-electron chi connectivity index (χ0n) is 11.6. The molecule has 1 saturated heterocycles. The molecule has 2 rings (SSSR count). The minimum absolute atomic E-state index is 0.0734. The summed E-state index contributed by atoms with van der Waals surface area (Å²) in [6.45, 7) is 5.61. The fourth-order valence-corrected chi connectivity index (χ4v) is 2.52. The number of rotatable bonds is 4. The first kappa shape index (κ1) is 13.9. The molecule has 0 aliphatic carbocycles. The lowest BCUT2D eigenvalue weighted by molar-refractivity contribution is -0.119. The molecule has 0 bridgehead atoms. The average molecular weight is 261 g/mol. The van der Waals surface area contributed by atoms with Gasteiger partial charge < -0.3 is 11.1 Å². The van der Waals surface area contributed by atoms with Gasteiger partial charge in [0.15, 0.2) is 0 Å². The van der Waals surface area contributed by atoms with Gasteiger partial charge in [0.05, 0.1) is 0 Å². The van der Waals surface area contributed by atoms with Crippen LogP contribution in [0.2, 0.25) is 0 Å². The van der Waals surface area contributed by atoms with Crippen LogP contribution in [0.5, 0.6) is 0 Å². The highest BCUT2D eigenvalue weighted by Gasteiger charge is 2.19. The quantitative estimate of drug-likeness (QED) is 0.810. The molecule has 1 aliphatic heterocycles. The highest BCUT2D eigenvalue weighted by Crippen LogP contribution is 2.18. The van der Waals surface area contributed by atoms with Crippen LogP contribution in [-0.4, -0.2) is 30.4 Å². The lowest BCUT2D eigenvalue weighted by Crippen LogP contribution is -2.37. The Morgan fingerprint density at radius 1 is 1.32 bits per heavy atom. The number of nitrogens with two attached hydrogens (primary N) is 1. The van der Waals surface area contributed by atoms with Crippen molar-refractivity contribution in [1.29, 1.82) is 0 Å². The number of piperidine rings is 1. The van der Waals surface area contributed by atoms with Crippen molar-refractivity contribution in [1.82, 2.24) is 10.2 Å². The van der Waals surface area contributed by atoms with E-state index in [9.17, 15) is 4.79 Å². The minimum Gasteiger partial charge on any atom is -0.399 e. The number of anilines is 1. The van der Waals surface area contributed by atoms with E-state index in [2.05, 4.69) is 22.3 Å². The molecule has 4 nitrogen and oxygen atoms in total. The lowest BCUT2D eigenvalue weighted by atomic mass is 9.96. The lowest BCUT2D eigenvalue weighted by Gasteiger charge is -2.32. The van der Waals surface area contributed by atoms with Crippen molar-refractivity contribution in [3.05, 3.63) is 29.8 Å². The topological polar surface area (TPSA) is 58.4 Å². The number of benzene rings is 1. The predicted octanol–water partition coefficient (Wildman–Crippen LogP) is 1.62. The second-order valence-electron chi connectivity index (χ2n) is 5.40. The van der Waals surface area contributed by atoms with E-state index in [1.165, 1.54) is 5.56 Å². The van der Waals surface area contributed by atoms with Crippen LogP contribution < -0.4 is 11.1 Å². The summed E-state index contributed by atoms with van der Waals surface area (Å²) < 4.78 is 0. The number of nitrogens with one attached hydrogen (secondary N) is 1. The largest absolute Gasteiger partial charge is 0.399 e. The molecule has 0 spiro atoms. The Morgan fingerprint density at radius 2 is 1.95 bits per heavy atom. The molecule has 1 aromatic rings. The SMILES string of the molecule is CC(=O)NCC1CCN(Cc2ccc(N)cc2)CC1. The summed E-state index contributed by atoms with van der Waals surface area (Å²) in [6.07, 6.45) is 2.32. The van der Waals surface area contributed by atoms with Gasteiger partial charge in [-0.15, -0.1) is 0 Å². The van der Waals surface area contributed by atoms with Crippen LogP contribution in [0.1, 0.15) is 25.3 Å². The molecule has 1 amide bonds. The third kappa shape index (κ3) is 4.56. The first-order valence-electron chi connectivity index (χ1n) is 6.94. The number of likely N-dealkylation sites (tertiary alicyclic amines) is 1. The molecule has 4 heteroatoms. The maximum absolute atomic E-state index is 10.9. The van der Waals surface area contributed by atoms with Gasteiger partial charge in [0.2, 0.25) is 5.91 Å². The Morgan fingerprint density at radius 3 is 2.53 bits per heavy atom. The van der Waals surface area contributed by atoms with Crippen LogP contribution in [0.15, 0.2) is 24.3 Å². The zero-order valence-corrected chi connectivity index (χ0v) is 11.6. The standard InChI is InChI=1S/C15H23N3O/c1-12(19)17-10-13-6-8-18(9-7-13)11-14-2-4-15(16)5-3-14/h2-5,13H,6-11,16H2,1H3,(H,17,19). The van der Waals surface area contributed by atoms with Gasteiger partial charge in [0, 0.05) is 25.7 Å². The third-order valence-corrected chi connectivity index (χ3v) is 3.73. The van der Waals surface area contributed by atoms with Crippen LogP contribution in [0, 0.1) is 5.92 Å². The fraction of sp³-hybridized carbons (Fsp3) is 0.533. The van der Waals surface area contributed by atoms with Crippen molar-refractivity contribution in [3.8, 4) is 0 Å². The van der Waals surface area contributed by atoms with Gasteiger partial charge in [-0.3, -0.25) is 9.69 Å². The van der Waals surface area contributed by atoms with E-state index in [0.717, 1.165) is 44.7 Å². The first-order valence-corrected chi connectivity index (χ1v) is 6.94. The number of carbonyl (C=O) groups is 1. The van der Waals surface area contributed by atoms with Crippen LogP contribution in [0.4, 0.5) is 5.69 Å². The highest BCUT2D eigenvalue weighted by atomic mass is 16.1. The Labute approximate surface area is 115 Å².